The Labute approximate surface area is 118 Å². The molecule has 0 saturated carbocycles. The molecule has 2 unspecified atom stereocenters. The number of aliphatic hydroxyl groups excluding tert-OH is 1. The summed E-state index contributed by atoms with van der Waals surface area (Å²) in [7, 11) is 0. The second-order valence-corrected chi connectivity index (χ2v) is 5.17. The van der Waals surface area contributed by atoms with Crippen molar-refractivity contribution < 1.29 is 18.6 Å². The molecule has 0 amide bonds. The molecule has 1 fully saturated rings. The third-order valence-electron chi connectivity index (χ3n) is 3.68. The van der Waals surface area contributed by atoms with E-state index < -0.39 is 17.7 Å². The number of likely N-dealkylation sites (N-methyl/N-ethyl adjacent to an activating group) is 1. The number of hydrogen-bond acceptors (Lipinski definition) is 3. The Bertz CT molecular complexity index is 436. The minimum Gasteiger partial charge on any atom is -0.387 e. The summed E-state index contributed by atoms with van der Waals surface area (Å²) in [5.74, 6) is -1.12. The average Bonchev–Trinajstić information content (AvgIpc) is 2.93. The van der Waals surface area contributed by atoms with Gasteiger partial charge < -0.3 is 9.84 Å². The summed E-state index contributed by atoms with van der Waals surface area (Å²) in [6.45, 7) is 4.47. The van der Waals surface area contributed by atoms with Crippen LogP contribution in [0.2, 0.25) is 0 Å². The molecule has 1 aromatic carbocycles. The molecule has 1 N–H and O–H groups in total. The molecule has 112 valence electrons. The Kier molecular flexibility index (Phi) is 5.46. The lowest BCUT2D eigenvalue weighted by Crippen LogP contribution is -2.35. The molecular formula is C15H21F2NO2. The highest BCUT2D eigenvalue weighted by atomic mass is 19.1. The molecule has 0 aromatic heterocycles. The van der Waals surface area contributed by atoms with E-state index in [0.717, 1.165) is 44.2 Å². The Morgan fingerprint density at radius 2 is 2.25 bits per heavy atom. The van der Waals surface area contributed by atoms with Crippen molar-refractivity contribution in [2.24, 2.45) is 0 Å². The van der Waals surface area contributed by atoms with Crippen molar-refractivity contribution in [3.63, 3.8) is 0 Å². The van der Waals surface area contributed by atoms with E-state index in [-0.39, 0.29) is 18.2 Å². The highest BCUT2D eigenvalue weighted by Crippen LogP contribution is 2.20. The molecule has 20 heavy (non-hydrogen) atoms. The molecule has 0 radical (unpaired) electrons. The van der Waals surface area contributed by atoms with Crippen LogP contribution in [0, 0.1) is 11.6 Å². The Morgan fingerprint density at radius 3 is 2.90 bits per heavy atom. The third kappa shape index (κ3) is 3.98. The molecule has 0 aliphatic carbocycles. The smallest absolute Gasteiger partial charge is 0.129 e. The number of nitrogens with zero attached hydrogens (tertiary/aromatic N) is 1. The Balaban J connectivity index is 1.97. The van der Waals surface area contributed by atoms with Gasteiger partial charge in [0.2, 0.25) is 0 Å². The first kappa shape index (κ1) is 15.4. The van der Waals surface area contributed by atoms with E-state index in [1.165, 1.54) is 0 Å². The summed E-state index contributed by atoms with van der Waals surface area (Å²) < 4.78 is 32.3. The monoisotopic (exact) mass is 285 g/mol. The number of aliphatic hydroxyl groups is 1. The van der Waals surface area contributed by atoms with E-state index in [1.807, 2.05) is 11.8 Å². The zero-order valence-electron chi connectivity index (χ0n) is 11.7. The SMILES string of the molecule is CCN(CC1CCCO1)CC(O)c1cc(F)ccc1F. The molecule has 0 bridgehead atoms. The Hall–Kier alpha value is -1.04. The van der Waals surface area contributed by atoms with Crippen LogP contribution in [0.5, 0.6) is 0 Å². The molecule has 1 heterocycles. The minimum absolute atomic E-state index is 0.00999. The maximum absolute atomic E-state index is 13.6. The van der Waals surface area contributed by atoms with Crippen molar-refractivity contribution in [1.29, 1.82) is 0 Å². The van der Waals surface area contributed by atoms with Gasteiger partial charge in [-0.05, 0) is 37.6 Å². The highest BCUT2D eigenvalue weighted by molar-refractivity contribution is 5.21. The van der Waals surface area contributed by atoms with Gasteiger partial charge in [0.15, 0.2) is 0 Å². The van der Waals surface area contributed by atoms with Gasteiger partial charge in [-0.25, -0.2) is 8.78 Å². The predicted octanol–water partition coefficient (Wildman–Crippen LogP) is 2.50. The lowest BCUT2D eigenvalue weighted by Gasteiger charge is -2.26. The lowest BCUT2D eigenvalue weighted by molar-refractivity contribution is 0.0507. The first-order valence-electron chi connectivity index (χ1n) is 7.07. The minimum atomic E-state index is -1.04. The molecule has 1 aliphatic heterocycles. The fourth-order valence-electron chi connectivity index (χ4n) is 2.52. The van der Waals surface area contributed by atoms with Gasteiger partial charge in [0, 0.05) is 25.3 Å². The molecule has 5 heteroatoms. The van der Waals surface area contributed by atoms with E-state index in [2.05, 4.69) is 0 Å². The molecule has 2 rings (SSSR count). The molecular weight excluding hydrogens is 264 g/mol. The number of hydrogen-bond donors (Lipinski definition) is 1. The number of benzene rings is 1. The quantitative estimate of drug-likeness (QED) is 0.871. The van der Waals surface area contributed by atoms with Gasteiger partial charge in [-0.2, -0.15) is 0 Å². The van der Waals surface area contributed by atoms with E-state index in [9.17, 15) is 13.9 Å². The molecule has 1 aliphatic rings. The molecule has 3 nitrogen and oxygen atoms in total. The maximum atomic E-state index is 13.6. The molecule has 1 saturated heterocycles. The van der Waals surface area contributed by atoms with Crippen molar-refractivity contribution in [3.05, 3.63) is 35.4 Å². The number of ether oxygens (including phenoxy) is 1. The summed E-state index contributed by atoms with van der Waals surface area (Å²) in [5, 5.41) is 10.1. The number of rotatable bonds is 6. The van der Waals surface area contributed by atoms with Crippen molar-refractivity contribution >= 4 is 0 Å². The van der Waals surface area contributed by atoms with E-state index >= 15 is 0 Å². The molecule has 0 spiro atoms. The van der Waals surface area contributed by atoms with Crippen LogP contribution in [-0.2, 0) is 4.74 Å². The first-order chi connectivity index (χ1) is 9.60. The van der Waals surface area contributed by atoms with Gasteiger partial charge >= 0.3 is 0 Å². The summed E-state index contributed by atoms with van der Waals surface area (Å²) in [6.07, 6.45) is 1.22. The van der Waals surface area contributed by atoms with Crippen LogP contribution in [0.25, 0.3) is 0 Å². The first-order valence-corrected chi connectivity index (χ1v) is 7.07. The molecule has 2 atom stereocenters. The van der Waals surface area contributed by atoms with Crippen molar-refractivity contribution in [2.45, 2.75) is 32.0 Å². The fourth-order valence-corrected chi connectivity index (χ4v) is 2.52. The van der Waals surface area contributed by atoms with Gasteiger partial charge in [-0.3, -0.25) is 4.90 Å². The second-order valence-electron chi connectivity index (χ2n) is 5.17. The van der Waals surface area contributed by atoms with Crippen LogP contribution in [0.3, 0.4) is 0 Å². The van der Waals surface area contributed by atoms with Crippen LogP contribution in [0.1, 0.15) is 31.4 Å². The summed E-state index contributed by atoms with van der Waals surface area (Å²) in [6, 6.07) is 3.15. The summed E-state index contributed by atoms with van der Waals surface area (Å²) in [4.78, 5) is 2.00. The van der Waals surface area contributed by atoms with Gasteiger partial charge in [0.25, 0.3) is 0 Å². The maximum Gasteiger partial charge on any atom is 0.129 e. The standard InChI is InChI=1S/C15H21F2NO2/c1-2-18(9-12-4-3-7-20-12)10-15(19)13-8-11(16)5-6-14(13)17/h5-6,8,12,15,19H,2-4,7,9-10H2,1H3. The summed E-state index contributed by atoms with van der Waals surface area (Å²) >= 11 is 0. The van der Waals surface area contributed by atoms with Gasteiger partial charge in [-0.15, -0.1) is 0 Å². The Morgan fingerprint density at radius 1 is 1.45 bits per heavy atom. The predicted molar refractivity (Wildman–Crippen MR) is 72.4 cm³/mol. The van der Waals surface area contributed by atoms with Crippen LogP contribution >= 0.6 is 0 Å². The van der Waals surface area contributed by atoms with Crippen LogP contribution in [0.4, 0.5) is 8.78 Å². The largest absolute Gasteiger partial charge is 0.387 e. The average molecular weight is 285 g/mol. The van der Waals surface area contributed by atoms with E-state index in [0.29, 0.717) is 6.54 Å². The van der Waals surface area contributed by atoms with Gasteiger partial charge in [0.1, 0.15) is 11.6 Å². The van der Waals surface area contributed by atoms with Gasteiger partial charge in [-0.1, -0.05) is 6.92 Å². The lowest BCUT2D eigenvalue weighted by atomic mass is 10.1. The topological polar surface area (TPSA) is 32.7 Å². The van der Waals surface area contributed by atoms with Crippen LogP contribution in [-0.4, -0.2) is 42.4 Å². The van der Waals surface area contributed by atoms with Crippen molar-refractivity contribution in [2.75, 3.05) is 26.2 Å². The van der Waals surface area contributed by atoms with Crippen LogP contribution in [0.15, 0.2) is 18.2 Å². The van der Waals surface area contributed by atoms with Crippen molar-refractivity contribution in [1.82, 2.24) is 4.90 Å². The molecule has 1 aromatic rings. The van der Waals surface area contributed by atoms with Gasteiger partial charge in [0.05, 0.1) is 12.2 Å². The number of halogens is 2. The zero-order chi connectivity index (χ0) is 14.5. The third-order valence-corrected chi connectivity index (χ3v) is 3.68. The normalized spacial score (nSPS) is 20.6. The fraction of sp³-hybridized carbons (Fsp3) is 0.600. The van der Waals surface area contributed by atoms with E-state index in [4.69, 9.17) is 4.74 Å². The van der Waals surface area contributed by atoms with Crippen molar-refractivity contribution in [3.8, 4) is 0 Å². The van der Waals surface area contributed by atoms with Crippen LogP contribution < -0.4 is 0 Å². The van der Waals surface area contributed by atoms with E-state index in [1.54, 1.807) is 0 Å². The summed E-state index contributed by atoms with van der Waals surface area (Å²) in [5.41, 5.74) is 0.00999. The highest BCUT2D eigenvalue weighted by Gasteiger charge is 2.22. The zero-order valence-corrected chi connectivity index (χ0v) is 11.7. The second kappa shape index (κ2) is 7.11.